The van der Waals surface area contributed by atoms with Crippen LogP contribution in [0, 0.1) is 0 Å². The van der Waals surface area contributed by atoms with Crippen LogP contribution < -0.4 is 5.32 Å². The summed E-state index contributed by atoms with van der Waals surface area (Å²) in [5.41, 5.74) is 2.70. The van der Waals surface area contributed by atoms with Crippen molar-refractivity contribution >= 4 is 11.6 Å². The molecule has 0 aliphatic carbocycles. The molecular formula is C17H17ClN4O. The number of benzene rings is 2. The Labute approximate surface area is 139 Å². The molecule has 2 aromatic carbocycles. The molecule has 0 saturated carbocycles. The van der Waals surface area contributed by atoms with E-state index >= 15 is 0 Å². The summed E-state index contributed by atoms with van der Waals surface area (Å²) in [4.78, 5) is 1.59. The first-order chi connectivity index (χ1) is 11.3. The molecule has 1 unspecified atom stereocenters. The summed E-state index contributed by atoms with van der Waals surface area (Å²) in [7, 11) is 0. The molecule has 118 valence electrons. The molecule has 6 heteroatoms. The van der Waals surface area contributed by atoms with Crippen LogP contribution in [0.1, 0.15) is 17.3 Å². The standard InChI is InChI=1S/C17H17ClN4O/c18-14-8-6-13(7-9-14)17(12-23)19-10-15-11-20-22(21-15)16-4-2-1-3-5-16/h1-9,11,17,19,23H,10,12H2. The Balaban J connectivity index is 1.65. The molecule has 2 N–H and O–H groups in total. The minimum atomic E-state index is -0.172. The normalized spacial score (nSPS) is 12.3. The van der Waals surface area contributed by atoms with Crippen LogP contribution in [0.2, 0.25) is 5.02 Å². The molecule has 23 heavy (non-hydrogen) atoms. The average molecular weight is 329 g/mol. The van der Waals surface area contributed by atoms with Crippen molar-refractivity contribution in [2.45, 2.75) is 12.6 Å². The molecule has 0 bridgehead atoms. The lowest BCUT2D eigenvalue weighted by atomic mass is 10.1. The van der Waals surface area contributed by atoms with E-state index in [0.717, 1.165) is 16.9 Å². The van der Waals surface area contributed by atoms with E-state index in [4.69, 9.17) is 11.6 Å². The fraction of sp³-hybridized carbons (Fsp3) is 0.176. The maximum Gasteiger partial charge on any atom is 0.0969 e. The summed E-state index contributed by atoms with van der Waals surface area (Å²) in [6, 6.07) is 17.0. The van der Waals surface area contributed by atoms with E-state index in [0.29, 0.717) is 11.6 Å². The molecule has 5 nitrogen and oxygen atoms in total. The highest BCUT2D eigenvalue weighted by molar-refractivity contribution is 6.30. The summed E-state index contributed by atoms with van der Waals surface area (Å²) in [6.07, 6.45) is 1.72. The second kappa shape index (κ2) is 7.37. The van der Waals surface area contributed by atoms with Crippen molar-refractivity contribution in [3.63, 3.8) is 0 Å². The van der Waals surface area contributed by atoms with Crippen molar-refractivity contribution in [2.24, 2.45) is 0 Å². The van der Waals surface area contributed by atoms with Gasteiger partial charge in [0.15, 0.2) is 0 Å². The summed E-state index contributed by atoms with van der Waals surface area (Å²) in [5.74, 6) is 0. The number of halogens is 1. The average Bonchev–Trinajstić information content (AvgIpc) is 3.07. The van der Waals surface area contributed by atoms with Crippen molar-refractivity contribution < 1.29 is 5.11 Å². The summed E-state index contributed by atoms with van der Waals surface area (Å²) in [6.45, 7) is 0.509. The molecule has 1 atom stereocenters. The van der Waals surface area contributed by atoms with Gasteiger partial charge in [-0.2, -0.15) is 15.0 Å². The van der Waals surface area contributed by atoms with Gasteiger partial charge in [0, 0.05) is 11.6 Å². The highest BCUT2D eigenvalue weighted by atomic mass is 35.5. The predicted molar refractivity (Wildman–Crippen MR) is 89.5 cm³/mol. The fourth-order valence-electron chi connectivity index (χ4n) is 2.27. The molecule has 0 fully saturated rings. The maximum atomic E-state index is 9.57. The zero-order chi connectivity index (χ0) is 16.1. The number of nitrogens with one attached hydrogen (secondary N) is 1. The van der Waals surface area contributed by atoms with Crippen molar-refractivity contribution in [1.29, 1.82) is 0 Å². The van der Waals surface area contributed by atoms with Crippen LogP contribution in [0.3, 0.4) is 0 Å². The van der Waals surface area contributed by atoms with Crippen LogP contribution in [-0.4, -0.2) is 26.7 Å². The Morgan fingerprint density at radius 1 is 1.09 bits per heavy atom. The molecule has 0 spiro atoms. The van der Waals surface area contributed by atoms with Crippen LogP contribution in [0.15, 0.2) is 60.8 Å². The highest BCUT2D eigenvalue weighted by Crippen LogP contribution is 2.16. The first kappa shape index (κ1) is 15.7. The van der Waals surface area contributed by atoms with Crippen LogP contribution >= 0.6 is 11.6 Å². The second-order valence-corrected chi connectivity index (χ2v) is 5.56. The Morgan fingerprint density at radius 3 is 2.52 bits per heavy atom. The third-order valence-electron chi connectivity index (χ3n) is 3.51. The number of nitrogens with zero attached hydrogens (tertiary/aromatic N) is 3. The Kier molecular flexibility index (Phi) is 5.02. The number of aliphatic hydroxyl groups is 1. The van der Waals surface area contributed by atoms with Gasteiger partial charge in [-0.1, -0.05) is 41.9 Å². The minimum absolute atomic E-state index is 0.00550. The lowest BCUT2D eigenvalue weighted by Crippen LogP contribution is -2.24. The van der Waals surface area contributed by atoms with Gasteiger partial charge in [-0.15, -0.1) is 0 Å². The van der Waals surface area contributed by atoms with Gasteiger partial charge in [-0.25, -0.2) is 0 Å². The third kappa shape index (κ3) is 3.96. The predicted octanol–water partition coefficient (Wildman–Crippen LogP) is 2.74. The van der Waals surface area contributed by atoms with E-state index in [1.807, 2.05) is 54.6 Å². The first-order valence-corrected chi connectivity index (χ1v) is 7.70. The largest absolute Gasteiger partial charge is 0.394 e. The minimum Gasteiger partial charge on any atom is -0.394 e. The van der Waals surface area contributed by atoms with Gasteiger partial charge < -0.3 is 10.4 Å². The van der Waals surface area contributed by atoms with Gasteiger partial charge in [0.25, 0.3) is 0 Å². The SMILES string of the molecule is OCC(NCc1cnn(-c2ccccc2)n1)c1ccc(Cl)cc1. The molecule has 0 radical (unpaired) electrons. The van der Waals surface area contributed by atoms with Gasteiger partial charge in [0.05, 0.1) is 30.2 Å². The summed E-state index contributed by atoms with van der Waals surface area (Å²) in [5, 5.41) is 22.2. The van der Waals surface area contributed by atoms with Crippen molar-refractivity contribution in [3.8, 4) is 5.69 Å². The van der Waals surface area contributed by atoms with Gasteiger partial charge >= 0.3 is 0 Å². The lowest BCUT2D eigenvalue weighted by molar-refractivity contribution is 0.243. The zero-order valence-corrected chi connectivity index (χ0v) is 13.2. The van der Waals surface area contributed by atoms with Crippen LogP contribution in [0.5, 0.6) is 0 Å². The Bertz CT molecular complexity index is 743. The molecule has 0 amide bonds. The quantitative estimate of drug-likeness (QED) is 0.730. The van der Waals surface area contributed by atoms with Crippen LogP contribution in [0.4, 0.5) is 0 Å². The van der Waals surface area contributed by atoms with Gasteiger partial charge in [-0.05, 0) is 29.8 Å². The van der Waals surface area contributed by atoms with E-state index in [9.17, 15) is 5.11 Å². The van der Waals surface area contributed by atoms with E-state index in [1.54, 1.807) is 11.0 Å². The van der Waals surface area contributed by atoms with Crippen molar-refractivity contribution in [2.75, 3.05) is 6.61 Å². The third-order valence-corrected chi connectivity index (χ3v) is 3.76. The number of aliphatic hydroxyl groups excluding tert-OH is 1. The molecule has 3 aromatic rings. The van der Waals surface area contributed by atoms with E-state index < -0.39 is 0 Å². The molecule has 0 aliphatic heterocycles. The molecular weight excluding hydrogens is 312 g/mol. The lowest BCUT2D eigenvalue weighted by Gasteiger charge is -2.15. The number of aromatic nitrogens is 3. The Morgan fingerprint density at radius 2 is 1.83 bits per heavy atom. The monoisotopic (exact) mass is 328 g/mol. The number of rotatable bonds is 6. The smallest absolute Gasteiger partial charge is 0.0969 e. The van der Waals surface area contributed by atoms with Gasteiger partial charge in [0.1, 0.15) is 0 Å². The molecule has 1 heterocycles. The number of hydrogen-bond donors (Lipinski definition) is 2. The molecule has 3 rings (SSSR count). The highest BCUT2D eigenvalue weighted by Gasteiger charge is 2.11. The molecule has 0 saturated heterocycles. The maximum absolute atomic E-state index is 9.57. The molecule has 1 aromatic heterocycles. The first-order valence-electron chi connectivity index (χ1n) is 7.32. The van der Waals surface area contributed by atoms with Crippen molar-refractivity contribution in [3.05, 3.63) is 77.1 Å². The second-order valence-electron chi connectivity index (χ2n) is 5.13. The summed E-state index contributed by atoms with van der Waals surface area (Å²) < 4.78 is 0. The zero-order valence-electron chi connectivity index (χ0n) is 12.4. The van der Waals surface area contributed by atoms with E-state index in [2.05, 4.69) is 15.5 Å². The van der Waals surface area contributed by atoms with Gasteiger partial charge in [-0.3, -0.25) is 0 Å². The Hall–Kier alpha value is -2.21. The van der Waals surface area contributed by atoms with E-state index in [-0.39, 0.29) is 12.6 Å². The number of para-hydroxylation sites is 1. The fourth-order valence-corrected chi connectivity index (χ4v) is 2.40. The van der Waals surface area contributed by atoms with Crippen molar-refractivity contribution in [1.82, 2.24) is 20.3 Å². The van der Waals surface area contributed by atoms with Crippen LogP contribution in [-0.2, 0) is 6.54 Å². The van der Waals surface area contributed by atoms with Gasteiger partial charge in [0.2, 0.25) is 0 Å². The topological polar surface area (TPSA) is 63.0 Å². The van der Waals surface area contributed by atoms with Crippen LogP contribution in [0.25, 0.3) is 5.69 Å². The number of hydrogen-bond acceptors (Lipinski definition) is 4. The molecule has 0 aliphatic rings. The van der Waals surface area contributed by atoms with E-state index in [1.165, 1.54) is 0 Å². The summed E-state index contributed by atoms with van der Waals surface area (Å²) >= 11 is 5.89.